The molecule has 0 amide bonds. The van der Waals surface area contributed by atoms with Gasteiger partial charge in [-0.25, -0.2) is 4.39 Å². The van der Waals surface area contributed by atoms with Gasteiger partial charge in [-0.15, -0.1) is 0 Å². The summed E-state index contributed by atoms with van der Waals surface area (Å²) in [5.41, 5.74) is 0.514. The van der Waals surface area contributed by atoms with Crippen molar-refractivity contribution in [1.82, 2.24) is 0 Å². The number of hydrogen-bond acceptors (Lipinski definition) is 2. The molecule has 3 heteroatoms. The Kier molecular flexibility index (Phi) is 2.91. The van der Waals surface area contributed by atoms with Crippen molar-refractivity contribution in [2.45, 2.75) is 19.3 Å². The first kappa shape index (κ1) is 10.4. The van der Waals surface area contributed by atoms with Gasteiger partial charge in [0.25, 0.3) is 0 Å². The monoisotopic (exact) mass is 209 g/mol. The molecule has 0 unspecified atom stereocenters. The third-order valence-electron chi connectivity index (χ3n) is 3.28. The summed E-state index contributed by atoms with van der Waals surface area (Å²) in [6.45, 7) is 0.846. The molecule has 1 saturated carbocycles. The van der Waals surface area contributed by atoms with Gasteiger partial charge in [0.15, 0.2) is 0 Å². The molecule has 1 aromatic rings. The van der Waals surface area contributed by atoms with Crippen molar-refractivity contribution in [2.75, 3.05) is 18.5 Å². The van der Waals surface area contributed by atoms with Gasteiger partial charge in [0.2, 0.25) is 0 Å². The lowest BCUT2D eigenvalue weighted by atomic mass is 9.69. The van der Waals surface area contributed by atoms with Crippen molar-refractivity contribution >= 4 is 5.69 Å². The van der Waals surface area contributed by atoms with Crippen LogP contribution in [-0.4, -0.2) is 18.3 Å². The minimum atomic E-state index is -0.232. The van der Waals surface area contributed by atoms with Crippen LogP contribution in [0.15, 0.2) is 24.3 Å². The lowest BCUT2D eigenvalue weighted by molar-refractivity contribution is 0.0576. The van der Waals surface area contributed by atoms with E-state index in [1.54, 1.807) is 18.2 Å². The molecule has 0 aliphatic heterocycles. The second-order valence-corrected chi connectivity index (χ2v) is 4.35. The van der Waals surface area contributed by atoms with Gasteiger partial charge in [-0.3, -0.25) is 0 Å². The Morgan fingerprint density at radius 2 is 2.07 bits per heavy atom. The van der Waals surface area contributed by atoms with E-state index in [0.29, 0.717) is 12.2 Å². The quantitative estimate of drug-likeness (QED) is 0.798. The van der Waals surface area contributed by atoms with E-state index in [1.807, 2.05) is 0 Å². The SMILES string of the molecule is OCC1(CNc2ccccc2F)CCC1. The zero-order valence-corrected chi connectivity index (χ0v) is 8.67. The molecule has 0 heterocycles. The fourth-order valence-corrected chi connectivity index (χ4v) is 1.95. The highest BCUT2D eigenvalue weighted by Crippen LogP contribution is 2.40. The Morgan fingerprint density at radius 3 is 2.60 bits per heavy atom. The maximum Gasteiger partial charge on any atom is 0.146 e. The van der Waals surface area contributed by atoms with Gasteiger partial charge in [0.1, 0.15) is 5.82 Å². The van der Waals surface area contributed by atoms with Crippen molar-refractivity contribution in [3.05, 3.63) is 30.1 Å². The van der Waals surface area contributed by atoms with Crippen LogP contribution >= 0.6 is 0 Å². The maximum absolute atomic E-state index is 13.3. The zero-order chi connectivity index (χ0) is 10.7. The molecular weight excluding hydrogens is 193 g/mol. The average molecular weight is 209 g/mol. The molecule has 2 rings (SSSR count). The Morgan fingerprint density at radius 1 is 1.33 bits per heavy atom. The maximum atomic E-state index is 13.3. The number of halogens is 1. The summed E-state index contributed by atoms with van der Waals surface area (Å²) in [6, 6.07) is 6.64. The number of nitrogens with one attached hydrogen (secondary N) is 1. The number of rotatable bonds is 4. The lowest BCUT2D eigenvalue weighted by Gasteiger charge is -2.40. The summed E-state index contributed by atoms with van der Waals surface area (Å²) in [7, 11) is 0. The summed E-state index contributed by atoms with van der Waals surface area (Å²) < 4.78 is 13.3. The van der Waals surface area contributed by atoms with Gasteiger partial charge < -0.3 is 10.4 Å². The fourth-order valence-electron chi connectivity index (χ4n) is 1.95. The topological polar surface area (TPSA) is 32.3 Å². The van der Waals surface area contributed by atoms with E-state index >= 15 is 0 Å². The highest BCUT2D eigenvalue weighted by molar-refractivity contribution is 5.44. The number of para-hydroxylation sites is 1. The summed E-state index contributed by atoms with van der Waals surface area (Å²) in [6.07, 6.45) is 3.23. The average Bonchev–Trinajstić information content (AvgIpc) is 2.19. The minimum Gasteiger partial charge on any atom is -0.396 e. The third kappa shape index (κ3) is 2.12. The molecule has 2 N–H and O–H groups in total. The number of anilines is 1. The molecule has 1 fully saturated rings. The number of hydrogen-bond donors (Lipinski definition) is 2. The van der Waals surface area contributed by atoms with Crippen molar-refractivity contribution in [3.8, 4) is 0 Å². The number of aliphatic hydroxyl groups is 1. The second kappa shape index (κ2) is 4.19. The Labute approximate surface area is 89.1 Å². The van der Waals surface area contributed by atoms with Crippen LogP contribution < -0.4 is 5.32 Å². The normalized spacial score (nSPS) is 18.3. The van der Waals surface area contributed by atoms with Gasteiger partial charge in [-0.1, -0.05) is 18.6 Å². The highest BCUT2D eigenvalue weighted by atomic mass is 19.1. The predicted octanol–water partition coefficient (Wildman–Crippen LogP) is 2.40. The van der Waals surface area contributed by atoms with Crippen molar-refractivity contribution < 1.29 is 9.50 Å². The predicted molar refractivity (Wildman–Crippen MR) is 58.3 cm³/mol. The molecule has 0 aromatic heterocycles. The molecule has 0 atom stereocenters. The second-order valence-electron chi connectivity index (χ2n) is 4.35. The minimum absolute atomic E-state index is 0.0116. The molecule has 0 spiro atoms. The van der Waals surface area contributed by atoms with Crippen LogP contribution in [0.1, 0.15) is 19.3 Å². The highest BCUT2D eigenvalue weighted by Gasteiger charge is 2.36. The molecule has 82 valence electrons. The van der Waals surface area contributed by atoms with Crippen molar-refractivity contribution in [3.63, 3.8) is 0 Å². The first-order valence-corrected chi connectivity index (χ1v) is 5.35. The van der Waals surface area contributed by atoms with Crippen LogP contribution in [0.2, 0.25) is 0 Å². The number of aliphatic hydroxyl groups excluding tert-OH is 1. The van der Waals surface area contributed by atoms with Gasteiger partial charge >= 0.3 is 0 Å². The van der Waals surface area contributed by atoms with Crippen molar-refractivity contribution in [2.24, 2.45) is 5.41 Å². The molecule has 15 heavy (non-hydrogen) atoms. The molecular formula is C12H16FNO. The molecule has 0 radical (unpaired) electrons. The van der Waals surface area contributed by atoms with Crippen LogP contribution in [0.4, 0.5) is 10.1 Å². The molecule has 1 aliphatic carbocycles. The van der Waals surface area contributed by atoms with E-state index in [9.17, 15) is 9.50 Å². The van der Waals surface area contributed by atoms with Crippen molar-refractivity contribution in [1.29, 1.82) is 0 Å². The third-order valence-corrected chi connectivity index (χ3v) is 3.28. The van der Waals surface area contributed by atoms with E-state index in [-0.39, 0.29) is 17.8 Å². The van der Waals surface area contributed by atoms with E-state index in [0.717, 1.165) is 12.8 Å². The molecule has 2 nitrogen and oxygen atoms in total. The van der Waals surface area contributed by atoms with E-state index in [2.05, 4.69) is 5.32 Å². The van der Waals surface area contributed by atoms with Crippen LogP contribution in [0.5, 0.6) is 0 Å². The van der Waals surface area contributed by atoms with Gasteiger partial charge in [0.05, 0.1) is 12.3 Å². The fraction of sp³-hybridized carbons (Fsp3) is 0.500. The van der Waals surface area contributed by atoms with Crippen LogP contribution in [-0.2, 0) is 0 Å². The van der Waals surface area contributed by atoms with Crippen LogP contribution in [0, 0.1) is 11.2 Å². The van der Waals surface area contributed by atoms with Crippen LogP contribution in [0.3, 0.4) is 0 Å². The van der Waals surface area contributed by atoms with Gasteiger partial charge in [-0.2, -0.15) is 0 Å². The first-order valence-electron chi connectivity index (χ1n) is 5.35. The Bertz CT molecular complexity index is 331. The largest absolute Gasteiger partial charge is 0.396 e. The molecule has 1 aromatic carbocycles. The lowest BCUT2D eigenvalue weighted by Crippen LogP contribution is -2.39. The molecule has 0 bridgehead atoms. The van der Waals surface area contributed by atoms with Crippen LogP contribution in [0.25, 0.3) is 0 Å². The van der Waals surface area contributed by atoms with Gasteiger partial charge in [0, 0.05) is 12.0 Å². The summed E-state index contributed by atoms with van der Waals surface area (Å²) in [5, 5.41) is 12.3. The summed E-state index contributed by atoms with van der Waals surface area (Å²) in [5.74, 6) is -0.232. The Balaban J connectivity index is 1.95. The number of benzene rings is 1. The summed E-state index contributed by atoms with van der Waals surface area (Å²) >= 11 is 0. The standard InChI is InChI=1S/C12H16FNO/c13-10-4-1-2-5-11(10)14-8-12(9-15)6-3-7-12/h1-2,4-5,14-15H,3,6-9H2. The first-order chi connectivity index (χ1) is 7.26. The molecule has 1 aliphatic rings. The zero-order valence-electron chi connectivity index (χ0n) is 8.67. The Hall–Kier alpha value is -1.09. The molecule has 0 saturated heterocycles. The van der Waals surface area contributed by atoms with E-state index < -0.39 is 0 Å². The van der Waals surface area contributed by atoms with E-state index in [1.165, 1.54) is 12.5 Å². The summed E-state index contributed by atoms with van der Waals surface area (Å²) in [4.78, 5) is 0. The van der Waals surface area contributed by atoms with E-state index in [4.69, 9.17) is 0 Å². The smallest absolute Gasteiger partial charge is 0.146 e. The van der Waals surface area contributed by atoms with Gasteiger partial charge in [-0.05, 0) is 25.0 Å².